The molecule has 1 saturated heterocycles. The molecule has 2 N–H and O–H groups in total. The second-order valence-corrected chi connectivity index (χ2v) is 4.96. The van der Waals surface area contributed by atoms with Gasteiger partial charge in [0.05, 0.1) is 19.7 Å². The van der Waals surface area contributed by atoms with Crippen LogP contribution in [-0.2, 0) is 22.6 Å². The minimum absolute atomic E-state index is 0.148. The Kier molecular flexibility index (Phi) is 4.39. The minimum atomic E-state index is -0.559. The fourth-order valence-electron chi connectivity index (χ4n) is 2.42. The molecule has 0 saturated carbocycles. The van der Waals surface area contributed by atoms with Crippen molar-refractivity contribution in [3.05, 3.63) is 29.3 Å². The Labute approximate surface area is 118 Å². The molecule has 2 amide bonds. The molecule has 20 heavy (non-hydrogen) atoms. The highest BCUT2D eigenvalue weighted by molar-refractivity contribution is 6.00. The van der Waals surface area contributed by atoms with Crippen LogP contribution in [0.3, 0.4) is 0 Å². The molecule has 108 valence electrons. The largest absolute Gasteiger partial charge is 0.496 e. The van der Waals surface area contributed by atoms with Gasteiger partial charge in [0.25, 0.3) is 0 Å². The van der Waals surface area contributed by atoms with Gasteiger partial charge in [0.15, 0.2) is 0 Å². The van der Waals surface area contributed by atoms with E-state index in [4.69, 9.17) is 10.5 Å². The Hall–Kier alpha value is -1.88. The fraction of sp³-hybridized carbons (Fsp3) is 0.467. The van der Waals surface area contributed by atoms with Gasteiger partial charge in [-0.3, -0.25) is 14.5 Å². The van der Waals surface area contributed by atoms with Gasteiger partial charge >= 0.3 is 0 Å². The molecule has 1 heterocycles. The van der Waals surface area contributed by atoms with Gasteiger partial charge in [-0.1, -0.05) is 19.1 Å². The summed E-state index contributed by atoms with van der Waals surface area (Å²) in [5.74, 6) is 0.393. The minimum Gasteiger partial charge on any atom is -0.496 e. The van der Waals surface area contributed by atoms with Crippen molar-refractivity contribution < 1.29 is 14.3 Å². The quantitative estimate of drug-likeness (QED) is 0.840. The first kappa shape index (κ1) is 14.5. The molecule has 1 atom stereocenters. The Morgan fingerprint density at radius 1 is 1.40 bits per heavy atom. The molecule has 1 fully saturated rings. The summed E-state index contributed by atoms with van der Waals surface area (Å²) < 4.78 is 5.27. The number of carbonyl (C=O) groups is 2. The van der Waals surface area contributed by atoms with E-state index in [1.807, 2.05) is 25.1 Å². The van der Waals surface area contributed by atoms with Crippen molar-refractivity contribution in [2.45, 2.75) is 38.8 Å². The van der Waals surface area contributed by atoms with Gasteiger partial charge in [0.2, 0.25) is 11.8 Å². The summed E-state index contributed by atoms with van der Waals surface area (Å²) in [6.07, 6.45) is 1.61. The highest BCUT2D eigenvalue weighted by Crippen LogP contribution is 2.22. The predicted octanol–water partition coefficient (Wildman–Crippen LogP) is 1.23. The SMILES string of the molecule is CCc1cc(CN2C(=O)CCC(N)C2=O)ccc1OC. The van der Waals surface area contributed by atoms with E-state index in [0.717, 1.165) is 23.3 Å². The number of ether oxygens (including phenoxy) is 1. The number of aryl methyl sites for hydroxylation is 1. The zero-order valence-corrected chi connectivity index (χ0v) is 11.9. The number of imide groups is 1. The number of hydrogen-bond donors (Lipinski definition) is 1. The van der Waals surface area contributed by atoms with E-state index in [1.165, 1.54) is 4.90 Å². The van der Waals surface area contributed by atoms with Gasteiger partial charge in [-0.25, -0.2) is 0 Å². The van der Waals surface area contributed by atoms with E-state index in [9.17, 15) is 9.59 Å². The summed E-state index contributed by atoms with van der Waals surface area (Å²) in [7, 11) is 1.63. The first-order valence-electron chi connectivity index (χ1n) is 6.82. The van der Waals surface area contributed by atoms with Crippen LogP contribution >= 0.6 is 0 Å². The lowest BCUT2D eigenvalue weighted by Gasteiger charge is -2.28. The van der Waals surface area contributed by atoms with Crippen molar-refractivity contribution in [3.63, 3.8) is 0 Å². The average molecular weight is 276 g/mol. The molecule has 0 bridgehead atoms. The zero-order chi connectivity index (χ0) is 14.7. The second-order valence-electron chi connectivity index (χ2n) is 4.96. The maximum Gasteiger partial charge on any atom is 0.246 e. The van der Waals surface area contributed by atoms with Crippen LogP contribution in [0, 0.1) is 0 Å². The van der Waals surface area contributed by atoms with Crippen molar-refractivity contribution in [1.29, 1.82) is 0 Å². The summed E-state index contributed by atoms with van der Waals surface area (Å²) in [6.45, 7) is 2.32. The number of methoxy groups -OCH3 is 1. The van der Waals surface area contributed by atoms with E-state index in [1.54, 1.807) is 7.11 Å². The smallest absolute Gasteiger partial charge is 0.246 e. The van der Waals surface area contributed by atoms with Gasteiger partial charge in [0, 0.05) is 6.42 Å². The number of rotatable bonds is 4. The summed E-state index contributed by atoms with van der Waals surface area (Å²) >= 11 is 0. The summed E-state index contributed by atoms with van der Waals surface area (Å²) in [4.78, 5) is 25.1. The van der Waals surface area contributed by atoms with Crippen LogP contribution in [0.25, 0.3) is 0 Å². The fourth-order valence-corrected chi connectivity index (χ4v) is 2.42. The topological polar surface area (TPSA) is 72.6 Å². The lowest BCUT2D eigenvalue weighted by atomic mass is 10.0. The number of benzene rings is 1. The first-order valence-corrected chi connectivity index (χ1v) is 6.82. The predicted molar refractivity (Wildman–Crippen MR) is 75.1 cm³/mol. The van der Waals surface area contributed by atoms with Crippen molar-refractivity contribution in [3.8, 4) is 5.75 Å². The van der Waals surface area contributed by atoms with Crippen LogP contribution in [0.15, 0.2) is 18.2 Å². The van der Waals surface area contributed by atoms with Crippen molar-refractivity contribution in [2.24, 2.45) is 5.73 Å². The molecule has 0 spiro atoms. The van der Waals surface area contributed by atoms with E-state index < -0.39 is 6.04 Å². The first-order chi connectivity index (χ1) is 9.56. The van der Waals surface area contributed by atoms with Gasteiger partial charge < -0.3 is 10.5 Å². The van der Waals surface area contributed by atoms with Crippen molar-refractivity contribution in [1.82, 2.24) is 4.90 Å². The number of carbonyl (C=O) groups excluding carboxylic acids is 2. The Morgan fingerprint density at radius 3 is 2.80 bits per heavy atom. The normalized spacial score (nSPS) is 19.4. The molecule has 5 nitrogen and oxygen atoms in total. The molecular weight excluding hydrogens is 256 g/mol. The van der Waals surface area contributed by atoms with Crippen LogP contribution in [0.1, 0.15) is 30.9 Å². The highest BCUT2D eigenvalue weighted by atomic mass is 16.5. The third-order valence-electron chi connectivity index (χ3n) is 3.62. The maximum atomic E-state index is 12.0. The molecule has 1 unspecified atom stereocenters. The molecule has 0 aliphatic carbocycles. The monoisotopic (exact) mass is 276 g/mol. The third-order valence-corrected chi connectivity index (χ3v) is 3.62. The Morgan fingerprint density at radius 2 is 2.15 bits per heavy atom. The highest BCUT2D eigenvalue weighted by Gasteiger charge is 2.31. The van der Waals surface area contributed by atoms with E-state index in [2.05, 4.69) is 0 Å². The molecule has 1 aromatic carbocycles. The zero-order valence-electron chi connectivity index (χ0n) is 11.9. The number of nitrogens with zero attached hydrogens (tertiary/aromatic N) is 1. The standard InChI is InChI=1S/C15H20N2O3/c1-3-11-8-10(4-6-13(11)20-2)9-17-14(18)7-5-12(16)15(17)19/h4,6,8,12H,3,5,7,9,16H2,1-2H3. The van der Waals surface area contributed by atoms with Crippen LogP contribution in [0.5, 0.6) is 5.75 Å². The van der Waals surface area contributed by atoms with E-state index >= 15 is 0 Å². The lowest BCUT2D eigenvalue weighted by molar-refractivity contribution is -0.149. The van der Waals surface area contributed by atoms with Crippen molar-refractivity contribution in [2.75, 3.05) is 7.11 Å². The number of nitrogens with two attached hydrogens (primary N) is 1. The van der Waals surface area contributed by atoms with Crippen LogP contribution in [0.4, 0.5) is 0 Å². The molecule has 1 aromatic rings. The van der Waals surface area contributed by atoms with E-state index in [-0.39, 0.29) is 18.4 Å². The maximum absolute atomic E-state index is 12.0. The van der Waals surface area contributed by atoms with E-state index in [0.29, 0.717) is 12.8 Å². The molecule has 0 aromatic heterocycles. The summed E-state index contributed by atoms with van der Waals surface area (Å²) in [6, 6.07) is 5.15. The number of likely N-dealkylation sites (tertiary alicyclic amines) is 1. The number of piperidine rings is 1. The van der Waals surface area contributed by atoms with Crippen LogP contribution in [-0.4, -0.2) is 29.9 Å². The third kappa shape index (κ3) is 2.82. The lowest BCUT2D eigenvalue weighted by Crippen LogP contribution is -2.50. The van der Waals surface area contributed by atoms with Crippen LogP contribution in [0.2, 0.25) is 0 Å². The van der Waals surface area contributed by atoms with Crippen LogP contribution < -0.4 is 10.5 Å². The second kappa shape index (κ2) is 6.05. The summed E-state index contributed by atoms with van der Waals surface area (Å²) in [5.41, 5.74) is 7.70. The van der Waals surface area contributed by atoms with Gasteiger partial charge in [0.1, 0.15) is 5.75 Å². The average Bonchev–Trinajstić information content (AvgIpc) is 2.47. The number of hydrogen-bond acceptors (Lipinski definition) is 4. The summed E-state index contributed by atoms with van der Waals surface area (Å²) in [5, 5.41) is 0. The Balaban J connectivity index is 2.20. The molecular formula is C15H20N2O3. The molecule has 2 rings (SSSR count). The van der Waals surface area contributed by atoms with Gasteiger partial charge in [-0.15, -0.1) is 0 Å². The van der Waals surface area contributed by atoms with Crippen molar-refractivity contribution >= 4 is 11.8 Å². The molecule has 0 radical (unpaired) electrons. The molecule has 5 heteroatoms. The molecule has 1 aliphatic heterocycles. The van der Waals surface area contributed by atoms with Gasteiger partial charge in [-0.2, -0.15) is 0 Å². The Bertz CT molecular complexity index is 528. The van der Waals surface area contributed by atoms with Gasteiger partial charge in [-0.05, 0) is 30.0 Å². The number of amides is 2. The molecule has 1 aliphatic rings.